The number of aryl methyl sites for hydroxylation is 1. The average molecular weight is 569 g/mol. The van der Waals surface area contributed by atoms with Crippen LogP contribution in [0.5, 0.6) is 5.75 Å². The van der Waals surface area contributed by atoms with Crippen molar-refractivity contribution in [2.75, 3.05) is 36.3 Å². The number of benzene rings is 2. The Labute approximate surface area is 247 Å². The Hall–Kier alpha value is -4.37. The van der Waals surface area contributed by atoms with Crippen LogP contribution in [0.15, 0.2) is 72.9 Å². The number of carbonyl (C=O) groups is 1. The topological polar surface area (TPSA) is 74.7 Å². The molecule has 1 aliphatic heterocycles. The number of amides is 1. The molecular formula is C32H36N6O2S. The largest absolute Gasteiger partial charge is 0.494 e. The first-order valence-corrected chi connectivity index (χ1v) is 14.1. The average Bonchev–Trinajstić information content (AvgIpc) is 3.48. The van der Waals surface area contributed by atoms with Crippen LogP contribution in [0.25, 0.3) is 5.69 Å². The van der Waals surface area contributed by atoms with Crippen LogP contribution in [0.3, 0.4) is 0 Å². The Morgan fingerprint density at radius 3 is 2.44 bits per heavy atom. The van der Waals surface area contributed by atoms with Gasteiger partial charge in [0.05, 0.1) is 30.6 Å². The molecule has 0 aliphatic carbocycles. The monoisotopic (exact) mass is 568 g/mol. The second-order valence-electron chi connectivity index (χ2n) is 10.4. The molecule has 2 atom stereocenters. The lowest BCUT2D eigenvalue weighted by Gasteiger charge is -2.29. The molecule has 8 nitrogen and oxygen atoms in total. The number of anilines is 3. The van der Waals surface area contributed by atoms with Gasteiger partial charge in [0.2, 0.25) is 5.91 Å². The molecule has 9 heteroatoms. The summed E-state index contributed by atoms with van der Waals surface area (Å²) < 4.78 is 7.97. The number of hydrogen-bond donors (Lipinski definition) is 2. The maximum absolute atomic E-state index is 12.1. The number of ether oxygens (including phenoxy) is 1. The van der Waals surface area contributed by atoms with Crippen LogP contribution in [-0.2, 0) is 4.79 Å². The third kappa shape index (κ3) is 5.37. The molecule has 0 unspecified atom stereocenters. The second-order valence-corrected chi connectivity index (χ2v) is 10.7. The van der Waals surface area contributed by atoms with Gasteiger partial charge in [-0.3, -0.25) is 9.78 Å². The van der Waals surface area contributed by atoms with E-state index in [0.29, 0.717) is 23.0 Å². The van der Waals surface area contributed by atoms with E-state index in [0.717, 1.165) is 39.7 Å². The van der Waals surface area contributed by atoms with Gasteiger partial charge in [-0.1, -0.05) is 13.0 Å². The van der Waals surface area contributed by atoms with Crippen molar-refractivity contribution >= 4 is 40.3 Å². The van der Waals surface area contributed by atoms with Crippen LogP contribution in [0.4, 0.5) is 17.1 Å². The third-order valence-electron chi connectivity index (χ3n) is 7.57. The van der Waals surface area contributed by atoms with E-state index >= 15 is 0 Å². The molecule has 41 heavy (non-hydrogen) atoms. The summed E-state index contributed by atoms with van der Waals surface area (Å²) in [5, 5.41) is 7.06. The summed E-state index contributed by atoms with van der Waals surface area (Å²) in [6.45, 7) is 6.10. The zero-order chi connectivity index (χ0) is 29.3. The molecule has 0 spiro atoms. The minimum atomic E-state index is -0.181. The standard InChI is InChI=1S/C32H36N6O2S/c1-7-29(39)34-26-16-15-24(19-28(26)40-6)38-31(30(35-32(38)41)27-10-8-9-17-33-27)25-18-20(2)37(21(25)3)23-13-11-22(12-14-23)36(4)5/h8-19,30-31H,7H2,1-6H3,(H,34,39)(H,35,41)/t30-,31+/m1/s1. The maximum atomic E-state index is 12.1. The van der Waals surface area contributed by atoms with Crippen molar-refractivity contribution in [3.8, 4) is 11.4 Å². The molecule has 1 aliphatic rings. The van der Waals surface area contributed by atoms with Gasteiger partial charge in [-0.15, -0.1) is 0 Å². The molecule has 1 fully saturated rings. The number of hydrogen-bond acceptors (Lipinski definition) is 5. The number of nitrogens with one attached hydrogen (secondary N) is 2. The normalized spacial score (nSPS) is 16.4. The first-order valence-electron chi connectivity index (χ1n) is 13.7. The number of pyridine rings is 1. The molecule has 2 aromatic heterocycles. The summed E-state index contributed by atoms with van der Waals surface area (Å²) in [7, 11) is 5.69. The molecule has 3 heterocycles. The van der Waals surface area contributed by atoms with Crippen molar-refractivity contribution in [1.29, 1.82) is 0 Å². The molecule has 1 amide bonds. The summed E-state index contributed by atoms with van der Waals surface area (Å²) in [6.07, 6.45) is 2.19. The molecule has 0 bridgehead atoms. The van der Waals surface area contributed by atoms with E-state index in [1.54, 1.807) is 7.11 Å². The van der Waals surface area contributed by atoms with Gasteiger partial charge < -0.3 is 29.7 Å². The quantitative estimate of drug-likeness (QED) is 0.249. The fraction of sp³-hybridized carbons (Fsp3) is 0.281. The predicted molar refractivity (Wildman–Crippen MR) is 169 cm³/mol. The SMILES string of the molecule is CCC(=O)Nc1ccc(N2C(=S)N[C@H](c3ccccn3)[C@@H]2c2cc(C)n(-c3ccc(N(C)C)cc3)c2C)cc1OC. The third-order valence-corrected chi connectivity index (χ3v) is 7.88. The summed E-state index contributed by atoms with van der Waals surface area (Å²) in [6, 6.07) is 22.1. The zero-order valence-corrected chi connectivity index (χ0v) is 25.1. The van der Waals surface area contributed by atoms with Gasteiger partial charge in [0.25, 0.3) is 0 Å². The fourth-order valence-corrected chi connectivity index (χ4v) is 5.85. The lowest BCUT2D eigenvalue weighted by molar-refractivity contribution is -0.115. The lowest BCUT2D eigenvalue weighted by atomic mass is 9.96. The summed E-state index contributed by atoms with van der Waals surface area (Å²) in [4.78, 5) is 21.0. The van der Waals surface area contributed by atoms with Crippen LogP contribution < -0.4 is 25.2 Å². The maximum Gasteiger partial charge on any atom is 0.224 e. The van der Waals surface area contributed by atoms with E-state index in [4.69, 9.17) is 21.9 Å². The lowest BCUT2D eigenvalue weighted by Crippen LogP contribution is -2.29. The number of nitrogens with zero attached hydrogens (tertiary/aromatic N) is 4. The van der Waals surface area contributed by atoms with E-state index in [1.165, 1.54) is 0 Å². The van der Waals surface area contributed by atoms with E-state index < -0.39 is 0 Å². The van der Waals surface area contributed by atoms with Gasteiger partial charge >= 0.3 is 0 Å². The van der Waals surface area contributed by atoms with Gasteiger partial charge in [-0.05, 0) is 86.2 Å². The first kappa shape index (κ1) is 28.2. The number of carbonyl (C=O) groups excluding carboxylic acids is 1. The van der Waals surface area contributed by atoms with Crippen LogP contribution in [0.2, 0.25) is 0 Å². The van der Waals surface area contributed by atoms with Gasteiger partial charge in [0, 0.05) is 61.2 Å². The van der Waals surface area contributed by atoms with Crippen molar-refractivity contribution in [2.24, 2.45) is 0 Å². The van der Waals surface area contributed by atoms with E-state index in [-0.39, 0.29) is 18.0 Å². The van der Waals surface area contributed by atoms with Crippen molar-refractivity contribution in [1.82, 2.24) is 14.9 Å². The molecule has 2 aromatic carbocycles. The summed E-state index contributed by atoms with van der Waals surface area (Å²) in [5.74, 6) is 0.493. The van der Waals surface area contributed by atoms with Crippen LogP contribution in [-0.4, -0.2) is 41.8 Å². The van der Waals surface area contributed by atoms with Crippen LogP contribution in [0, 0.1) is 13.8 Å². The highest BCUT2D eigenvalue weighted by Gasteiger charge is 2.42. The Morgan fingerprint density at radius 1 is 1.07 bits per heavy atom. The molecule has 0 radical (unpaired) electrons. The van der Waals surface area contributed by atoms with E-state index in [2.05, 4.69) is 69.2 Å². The molecule has 5 rings (SSSR count). The molecule has 1 saturated heterocycles. The van der Waals surface area contributed by atoms with Gasteiger partial charge in [0.15, 0.2) is 5.11 Å². The number of thiocarbonyl (C=S) groups is 1. The van der Waals surface area contributed by atoms with Crippen LogP contribution in [0.1, 0.15) is 48.1 Å². The fourth-order valence-electron chi connectivity index (χ4n) is 5.50. The Kier molecular flexibility index (Phi) is 7.99. The van der Waals surface area contributed by atoms with Crippen molar-refractivity contribution < 1.29 is 9.53 Å². The Balaban J connectivity index is 1.62. The van der Waals surface area contributed by atoms with E-state index in [1.807, 2.05) is 63.6 Å². The van der Waals surface area contributed by atoms with Gasteiger partial charge in [-0.2, -0.15) is 0 Å². The smallest absolute Gasteiger partial charge is 0.224 e. The number of methoxy groups -OCH3 is 1. The Morgan fingerprint density at radius 2 is 1.80 bits per heavy atom. The van der Waals surface area contributed by atoms with E-state index in [9.17, 15) is 4.79 Å². The van der Waals surface area contributed by atoms with Crippen LogP contribution >= 0.6 is 12.2 Å². The molecule has 4 aromatic rings. The highest BCUT2D eigenvalue weighted by Crippen LogP contribution is 2.45. The van der Waals surface area contributed by atoms with Gasteiger partial charge in [0.1, 0.15) is 5.75 Å². The highest BCUT2D eigenvalue weighted by atomic mass is 32.1. The molecule has 0 saturated carbocycles. The van der Waals surface area contributed by atoms with Gasteiger partial charge in [-0.25, -0.2) is 0 Å². The number of rotatable bonds is 8. The zero-order valence-electron chi connectivity index (χ0n) is 24.3. The predicted octanol–water partition coefficient (Wildman–Crippen LogP) is 6.09. The first-order chi connectivity index (χ1) is 19.7. The van der Waals surface area contributed by atoms with Crippen molar-refractivity contribution in [3.63, 3.8) is 0 Å². The highest BCUT2D eigenvalue weighted by molar-refractivity contribution is 7.80. The molecule has 2 N–H and O–H groups in total. The number of aromatic nitrogens is 2. The minimum Gasteiger partial charge on any atom is -0.494 e. The van der Waals surface area contributed by atoms with Crippen molar-refractivity contribution in [2.45, 2.75) is 39.3 Å². The molecular weight excluding hydrogens is 532 g/mol. The second kappa shape index (κ2) is 11.6. The summed E-state index contributed by atoms with van der Waals surface area (Å²) >= 11 is 5.96. The summed E-state index contributed by atoms with van der Waals surface area (Å²) in [5.41, 5.74) is 8.03. The minimum absolute atomic E-state index is 0.0754. The Bertz CT molecular complexity index is 1570. The van der Waals surface area contributed by atoms with Crippen molar-refractivity contribution in [3.05, 3.63) is 95.6 Å². The molecule has 212 valence electrons.